The predicted molar refractivity (Wildman–Crippen MR) is 111 cm³/mol. The van der Waals surface area contributed by atoms with E-state index in [1.54, 1.807) is 50.4 Å². The molecule has 0 saturated carbocycles. The second kappa shape index (κ2) is 9.59. The number of ether oxygens (including phenoxy) is 1. The molecule has 2 rings (SSSR count). The lowest BCUT2D eigenvalue weighted by molar-refractivity contribution is -0.119. The second-order valence-electron chi connectivity index (χ2n) is 6.68. The zero-order valence-electron chi connectivity index (χ0n) is 16.9. The van der Waals surface area contributed by atoms with E-state index in [2.05, 4.69) is 5.32 Å². The fraction of sp³-hybridized carbons (Fsp3) is 0.381. The summed E-state index contributed by atoms with van der Waals surface area (Å²) in [5.41, 5.74) is 1.88. The van der Waals surface area contributed by atoms with E-state index >= 15 is 0 Å². The van der Waals surface area contributed by atoms with Crippen LogP contribution < -0.4 is 14.4 Å². The van der Waals surface area contributed by atoms with Crippen LogP contribution in [-0.2, 0) is 14.8 Å². The van der Waals surface area contributed by atoms with Crippen molar-refractivity contribution < 1.29 is 17.9 Å². The van der Waals surface area contributed by atoms with Crippen molar-refractivity contribution in [3.8, 4) is 5.75 Å². The Morgan fingerprint density at radius 2 is 1.79 bits per heavy atom. The van der Waals surface area contributed by atoms with Gasteiger partial charge < -0.3 is 10.1 Å². The van der Waals surface area contributed by atoms with Crippen molar-refractivity contribution in [1.82, 2.24) is 5.32 Å². The lowest BCUT2D eigenvalue weighted by Gasteiger charge is -2.25. The Bertz CT molecular complexity index is 909. The molecule has 0 heterocycles. The molecule has 0 aliphatic rings. The van der Waals surface area contributed by atoms with Crippen LogP contribution in [0.25, 0.3) is 0 Å². The summed E-state index contributed by atoms with van der Waals surface area (Å²) in [5, 5.41) is 2.79. The molecule has 2 aromatic carbocycles. The molecule has 0 atom stereocenters. The summed E-state index contributed by atoms with van der Waals surface area (Å²) in [6.07, 6.45) is 1.79. The van der Waals surface area contributed by atoms with Gasteiger partial charge in [-0.1, -0.05) is 25.5 Å². The van der Waals surface area contributed by atoms with Crippen LogP contribution in [0.2, 0.25) is 0 Å². The van der Waals surface area contributed by atoms with Gasteiger partial charge in [-0.3, -0.25) is 9.10 Å². The zero-order chi connectivity index (χ0) is 20.7. The molecule has 152 valence electrons. The highest BCUT2D eigenvalue weighted by molar-refractivity contribution is 7.93. The number of amides is 1. The molecule has 7 heteroatoms. The molecule has 0 radical (unpaired) electrons. The minimum Gasteiger partial charge on any atom is -0.497 e. The first-order valence-corrected chi connectivity index (χ1v) is 10.7. The first-order chi connectivity index (χ1) is 13.3. The van der Waals surface area contributed by atoms with Gasteiger partial charge in [-0.25, -0.2) is 8.42 Å². The van der Waals surface area contributed by atoms with Crippen LogP contribution in [0.4, 0.5) is 5.69 Å². The number of carbonyl (C=O) groups excluding carboxylic acids is 1. The van der Waals surface area contributed by atoms with Gasteiger partial charge in [0.05, 0.1) is 17.7 Å². The second-order valence-corrected chi connectivity index (χ2v) is 8.51. The van der Waals surface area contributed by atoms with E-state index in [9.17, 15) is 13.2 Å². The van der Waals surface area contributed by atoms with Gasteiger partial charge in [0.1, 0.15) is 12.3 Å². The Balaban J connectivity index is 2.43. The van der Waals surface area contributed by atoms with Crippen molar-refractivity contribution in [2.24, 2.45) is 0 Å². The third-order valence-electron chi connectivity index (χ3n) is 4.41. The molecule has 6 nitrogen and oxygen atoms in total. The molecule has 0 bridgehead atoms. The fourth-order valence-electron chi connectivity index (χ4n) is 2.76. The molecule has 28 heavy (non-hydrogen) atoms. The number of hydrogen-bond donors (Lipinski definition) is 1. The maximum atomic E-state index is 13.4. The molecule has 0 aliphatic heterocycles. The Morgan fingerprint density at radius 1 is 1.11 bits per heavy atom. The van der Waals surface area contributed by atoms with Crippen molar-refractivity contribution in [3.63, 3.8) is 0 Å². The third kappa shape index (κ3) is 5.25. The number of aryl methyl sites for hydroxylation is 2. The lowest BCUT2D eigenvalue weighted by Crippen LogP contribution is -2.41. The number of rotatable bonds is 9. The Labute approximate surface area is 167 Å². The van der Waals surface area contributed by atoms with Crippen molar-refractivity contribution in [1.29, 1.82) is 0 Å². The van der Waals surface area contributed by atoms with Crippen LogP contribution in [-0.4, -0.2) is 34.5 Å². The van der Waals surface area contributed by atoms with Gasteiger partial charge >= 0.3 is 0 Å². The molecule has 1 amide bonds. The molecular formula is C21H28N2O4S. The van der Waals surface area contributed by atoms with Gasteiger partial charge in [0.2, 0.25) is 5.91 Å². The maximum Gasteiger partial charge on any atom is 0.265 e. The largest absolute Gasteiger partial charge is 0.497 e. The molecule has 1 N–H and O–H groups in total. The van der Waals surface area contributed by atoms with E-state index in [-0.39, 0.29) is 17.3 Å². The number of carbonyl (C=O) groups is 1. The van der Waals surface area contributed by atoms with Crippen LogP contribution in [0.5, 0.6) is 5.75 Å². The lowest BCUT2D eigenvalue weighted by atomic mass is 10.2. The smallest absolute Gasteiger partial charge is 0.265 e. The first-order valence-electron chi connectivity index (χ1n) is 9.30. The summed E-state index contributed by atoms with van der Waals surface area (Å²) in [7, 11) is -2.38. The average molecular weight is 405 g/mol. The van der Waals surface area contributed by atoms with Crippen molar-refractivity contribution >= 4 is 21.6 Å². The van der Waals surface area contributed by atoms with E-state index in [1.807, 2.05) is 19.9 Å². The molecule has 0 spiro atoms. The highest BCUT2D eigenvalue weighted by Crippen LogP contribution is 2.27. The standard InChI is InChI=1S/C21H28N2O4S/c1-5-6-13-22-21(24)15-23(18-9-11-19(27-4)12-10-18)28(25,26)20-14-16(2)7-8-17(20)3/h7-12,14H,5-6,13,15H2,1-4H3,(H,22,24). The zero-order valence-corrected chi connectivity index (χ0v) is 17.7. The SMILES string of the molecule is CCCCNC(=O)CN(c1ccc(OC)cc1)S(=O)(=O)c1cc(C)ccc1C. The molecule has 0 aromatic heterocycles. The van der Waals surface area contributed by atoms with Gasteiger partial charge in [-0.05, 0) is 61.7 Å². The highest BCUT2D eigenvalue weighted by atomic mass is 32.2. The van der Waals surface area contributed by atoms with Crippen LogP contribution in [0.15, 0.2) is 47.4 Å². The normalized spacial score (nSPS) is 11.1. The summed E-state index contributed by atoms with van der Waals surface area (Å²) >= 11 is 0. The highest BCUT2D eigenvalue weighted by Gasteiger charge is 2.28. The summed E-state index contributed by atoms with van der Waals surface area (Å²) < 4.78 is 33.2. The maximum absolute atomic E-state index is 13.4. The van der Waals surface area contributed by atoms with Crippen molar-refractivity contribution in [2.45, 2.75) is 38.5 Å². The van der Waals surface area contributed by atoms with E-state index in [0.29, 0.717) is 23.5 Å². The number of hydrogen-bond acceptors (Lipinski definition) is 4. The van der Waals surface area contributed by atoms with E-state index < -0.39 is 10.0 Å². The topological polar surface area (TPSA) is 75.7 Å². The van der Waals surface area contributed by atoms with Gasteiger partial charge in [-0.2, -0.15) is 0 Å². The summed E-state index contributed by atoms with van der Waals surface area (Å²) in [6.45, 7) is 5.86. The fourth-order valence-corrected chi connectivity index (χ4v) is 4.49. The van der Waals surface area contributed by atoms with E-state index in [4.69, 9.17) is 4.74 Å². The number of anilines is 1. The third-order valence-corrected chi connectivity index (χ3v) is 6.33. The number of nitrogens with zero attached hydrogens (tertiary/aromatic N) is 1. The summed E-state index contributed by atoms with van der Waals surface area (Å²) in [5.74, 6) is 0.276. The van der Waals surface area contributed by atoms with Gasteiger partial charge in [0, 0.05) is 6.54 Å². The van der Waals surface area contributed by atoms with E-state index in [1.165, 1.54) is 0 Å². The van der Waals surface area contributed by atoms with Crippen molar-refractivity contribution in [2.75, 3.05) is 24.5 Å². The minimum atomic E-state index is -3.92. The number of nitrogens with one attached hydrogen (secondary N) is 1. The van der Waals surface area contributed by atoms with Crippen LogP contribution in [0.3, 0.4) is 0 Å². The molecule has 0 fully saturated rings. The molecule has 0 aliphatic carbocycles. The molecular weight excluding hydrogens is 376 g/mol. The van der Waals surface area contributed by atoms with E-state index in [0.717, 1.165) is 22.7 Å². The van der Waals surface area contributed by atoms with Gasteiger partial charge in [0.15, 0.2) is 0 Å². The Kier molecular flexibility index (Phi) is 7.45. The summed E-state index contributed by atoms with van der Waals surface area (Å²) in [4.78, 5) is 12.6. The number of sulfonamides is 1. The number of benzene rings is 2. The quantitative estimate of drug-likeness (QED) is 0.650. The number of unbranched alkanes of at least 4 members (excludes halogenated alkanes) is 1. The van der Waals surface area contributed by atoms with Gasteiger partial charge in [-0.15, -0.1) is 0 Å². The predicted octanol–water partition coefficient (Wildman–Crippen LogP) is 3.42. The first kappa shape index (κ1) is 21.8. The monoisotopic (exact) mass is 404 g/mol. The van der Waals surface area contributed by atoms with Crippen molar-refractivity contribution in [3.05, 3.63) is 53.6 Å². The van der Waals surface area contributed by atoms with Crippen LogP contribution >= 0.6 is 0 Å². The minimum absolute atomic E-state index is 0.199. The Morgan fingerprint density at radius 3 is 2.39 bits per heavy atom. The van der Waals surface area contributed by atoms with Crippen LogP contribution in [0, 0.1) is 13.8 Å². The molecule has 0 saturated heterocycles. The molecule has 2 aromatic rings. The average Bonchev–Trinajstić information content (AvgIpc) is 2.68. The number of methoxy groups -OCH3 is 1. The molecule has 0 unspecified atom stereocenters. The van der Waals surface area contributed by atoms with Gasteiger partial charge in [0.25, 0.3) is 10.0 Å². The summed E-state index contributed by atoms with van der Waals surface area (Å²) in [6, 6.07) is 11.9. The van der Waals surface area contributed by atoms with Crippen LogP contribution in [0.1, 0.15) is 30.9 Å². The Hall–Kier alpha value is -2.54.